The van der Waals surface area contributed by atoms with Gasteiger partial charge < -0.3 is 10.3 Å². The molecule has 0 unspecified atom stereocenters. The lowest BCUT2D eigenvalue weighted by molar-refractivity contribution is 0.580. The third-order valence-electron chi connectivity index (χ3n) is 5.89. The number of nitrogens with two attached hydrogens (primary N) is 1. The molecule has 0 saturated heterocycles. The number of aromatic nitrogens is 4. The average Bonchev–Trinajstić information content (AvgIpc) is 3.39. The summed E-state index contributed by atoms with van der Waals surface area (Å²) in [5.41, 5.74) is 10.8. The smallest absolute Gasteiger partial charge is 0.244 e. The fraction of sp³-hybridized carbons (Fsp3) is 0.154. The first-order valence-corrected chi connectivity index (χ1v) is 12.6. The van der Waals surface area contributed by atoms with E-state index in [9.17, 15) is 12.8 Å². The van der Waals surface area contributed by atoms with Gasteiger partial charge in [-0.05, 0) is 43.7 Å². The number of anilines is 1. The Bertz CT molecular complexity index is 1640. The number of imidazole rings is 2. The topological polar surface area (TPSA) is 95.8 Å². The zero-order valence-corrected chi connectivity index (χ0v) is 20.1. The van der Waals surface area contributed by atoms with Gasteiger partial charge in [0, 0.05) is 17.7 Å². The Labute approximate surface area is 202 Å². The van der Waals surface area contributed by atoms with Gasteiger partial charge in [-0.15, -0.1) is 0 Å². The zero-order valence-electron chi connectivity index (χ0n) is 19.3. The molecule has 0 spiro atoms. The molecule has 5 rings (SSSR count). The Morgan fingerprint density at radius 3 is 2.46 bits per heavy atom. The number of rotatable bonds is 6. The second-order valence-electron chi connectivity index (χ2n) is 8.60. The number of hydrogen-bond donors (Lipinski definition) is 1. The van der Waals surface area contributed by atoms with Gasteiger partial charge >= 0.3 is 0 Å². The predicted molar refractivity (Wildman–Crippen MR) is 136 cm³/mol. The fourth-order valence-electron chi connectivity index (χ4n) is 4.14. The van der Waals surface area contributed by atoms with Gasteiger partial charge in [0.1, 0.15) is 5.82 Å². The molecule has 35 heavy (non-hydrogen) atoms. The molecule has 7 nitrogen and oxygen atoms in total. The molecular weight excluding hydrogens is 465 g/mol. The van der Waals surface area contributed by atoms with E-state index in [0.717, 1.165) is 32.1 Å². The van der Waals surface area contributed by atoms with Crippen molar-refractivity contribution in [3.63, 3.8) is 0 Å². The first-order valence-electron chi connectivity index (χ1n) is 11.1. The Morgan fingerprint density at radius 2 is 1.74 bits per heavy atom. The monoisotopic (exact) mass is 489 g/mol. The van der Waals surface area contributed by atoms with Gasteiger partial charge in [0.25, 0.3) is 0 Å². The first kappa shape index (κ1) is 22.8. The van der Waals surface area contributed by atoms with Crippen LogP contribution in [0, 0.1) is 5.82 Å². The van der Waals surface area contributed by atoms with Gasteiger partial charge in [0.2, 0.25) is 16.0 Å². The van der Waals surface area contributed by atoms with Gasteiger partial charge in [-0.3, -0.25) is 0 Å². The van der Waals surface area contributed by atoms with Crippen LogP contribution in [0.2, 0.25) is 0 Å². The molecule has 0 atom stereocenters. The molecule has 0 aliphatic carbocycles. The highest BCUT2D eigenvalue weighted by atomic mass is 32.2. The van der Waals surface area contributed by atoms with Gasteiger partial charge in [0.05, 0.1) is 34.0 Å². The van der Waals surface area contributed by atoms with Crippen LogP contribution >= 0.6 is 0 Å². The van der Waals surface area contributed by atoms with Crippen LogP contribution in [0.1, 0.15) is 19.4 Å². The van der Waals surface area contributed by atoms with Crippen molar-refractivity contribution in [3.8, 4) is 22.5 Å². The lowest BCUT2D eigenvalue weighted by Crippen LogP contribution is -2.23. The van der Waals surface area contributed by atoms with Gasteiger partial charge in [-0.1, -0.05) is 48.5 Å². The summed E-state index contributed by atoms with van der Waals surface area (Å²) in [6.45, 7) is 3.59. The van der Waals surface area contributed by atoms with Crippen molar-refractivity contribution < 1.29 is 12.8 Å². The van der Waals surface area contributed by atoms with E-state index in [1.54, 1.807) is 38.4 Å². The highest BCUT2D eigenvalue weighted by Gasteiger charge is 2.25. The van der Waals surface area contributed by atoms with Crippen LogP contribution in [0.15, 0.2) is 79.1 Å². The number of benzene rings is 3. The Balaban J connectivity index is 1.73. The molecule has 178 valence electrons. The van der Waals surface area contributed by atoms with E-state index >= 15 is 0 Å². The normalized spacial score (nSPS) is 12.0. The summed E-state index contributed by atoms with van der Waals surface area (Å²) in [7, 11) is -3.74. The summed E-state index contributed by atoms with van der Waals surface area (Å²) in [5, 5.41) is -0.677. The number of halogens is 1. The summed E-state index contributed by atoms with van der Waals surface area (Å²) >= 11 is 0. The predicted octanol–water partition coefficient (Wildman–Crippen LogP) is 4.92. The summed E-state index contributed by atoms with van der Waals surface area (Å²) in [6, 6.07) is 21.5. The molecular formula is C26H24FN5O2S. The van der Waals surface area contributed by atoms with Crippen LogP contribution in [0.5, 0.6) is 0 Å². The summed E-state index contributed by atoms with van der Waals surface area (Å²) in [4.78, 5) is 8.93. The third kappa shape index (κ3) is 4.08. The molecule has 0 aliphatic rings. The molecule has 0 bridgehead atoms. The fourth-order valence-corrected chi connectivity index (χ4v) is 5.29. The molecule has 0 aliphatic heterocycles. The summed E-state index contributed by atoms with van der Waals surface area (Å²) in [5.74, 6) is -0.394. The van der Waals surface area contributed by atoms with Crippen molar-refractivity contribution in [1.82, 2.24) is 18.5 Å². The van der Waals surface area contributed by atoms with Crippen LogP contribution in [-0.4, -0.2) is 32.2 Å². The Morgan fingerprint density at radius 1 is 0.971 bits per heavy atom. The summed E-state index contributed by atoms with van der Waals surface area (Å²) in [6.07, 6.45) is 1.71. The molecule has 0 saturated carbocycles. The molecule has 5 aromatic rings. The van der Waals surface area contributed by atoms with Crippen molar-refractivity contribution in [2.75, 3.05) is 5.73 Å². The molecule has 3 aromatic carbocycles. The van der Waals surface area contributed by atoms with Gasteiger partial charge in [-0.25, -0.2) is 26.7 Å². The van der Waals surface area contributed by atoms with Crippen molar-refractivity contribution in [2.24, 2.45) is 0 Å². The van der Waals surface area contributed by atoms with Crippen molar-refractivity contribution in [2.45, 2.75) is 25.6 Å². The van der Waals surface area contributed by atoms with Crippen LogP contribution in [0.4, 0.5) is 10.3 Å². The van der Waals surface area contributed by atoms with Crippen LogP contribution < -0.4 is 5.73 Å². The Hall–Kier alpha value is -3.98. The van der Waals surface area contributed by atoms with Crippen LogP contribution in [0.3, 0.4) is 0 Å². The van der Waals surface area contributed by atoms with Crippen LogP contribution in [0.25, 0.3) is 33.5 Å². The number of fused-ring (bicyclic) bond motifs is 1. The molecule has 9 heteroatoms. The highest BCUT2D eigenvalue weighted by Crippen LogP contribution is 2.34. The first-order chi connectivity index (χ1) is 16.8. The standard InChI is InChI=1S/C26H24FN5O2S/c1-17(2)35(33,34)32-23-14-20(11-12-22(23)30-26(32)28)25-24(19-8-4-3-5-9-19)29-16-31(25)15-18-7-6-10-21(27)13-18/h3-14,16-17H,15H2,1-2H3,(H2,28,30). The van der Waals surface area contributed by atoms with E-state index in [4.69, 9.17) is 5.73 Å². The highest BCUT2D eigenvalue weighted by molar-refractivity contribution is 7.90. The second kappa shape index (κ2) is 8.66. The maximum atomic E-state index is 13.9. The van der Waals surface area contributed by atoms with Crippen LogP contribution in [-0.2, 0) is 16.6 Å². The zero-order chi connectivity index (χ0) is 24.7. The van der Waals surface area contributed by atoms with Crippen molar-refractivity contribution in [1.29, 1.82) is 0 Å². The lowest BCUT2D eigenvalue weighted by atomic mass is 10.0. The average molecular weight is 490 g/mol. The Kier molecular flexibility index (Phi) is 5.64. The number of hydrogen-bond acceptors (Lipinski definition) is 5. The maximum Gasteiger partial charge on any atom is 0.244 e. The molecule has 0 radical (unpaired) electrons. The molecule has 2 N–H and O–H groups in total. The van der Waals surface area contributed by atoms with E-state index in [1.807, 2.05) is 47.0 Å². The van der Waals surface area contributed by atoms with Gasteiger partial charge in [-0.2, -0.15) is 0 Å². The molecule has 2 aromatic heterocycles. The molecule has 0 fully saturated rings. The SMILES string of the molecule is CC(C)S(=O)(=O)n1c(N)nc2ccc(-c3c(-c4ccccc4)ncn3Cc3cccc(F)c3)cc21. The summed E-state index contributed by atoms with van der Waals surface area (Å²) < 4.78 is 43.0. The van der Waals surface area contributed by atoms with Crippen molar-refractivity contribution >= 4 is 27.0 Å². The van der Waals surface area contributed by atoms with E-state index in [2.05, 4.69) is 9.97 Å². The number of nitrogens with zero attached hydrogens (tertiary/aromatic N) is 4. The lowest BCUT2D eigenvalue weighted by Gasteiger charge is -2.13. The quantitative estimate of drug-likeness (QED) is 0.365. The molecule has 2 heterocycles. The van der Waals surface area contributed by atoms with E-state index in [1.165, 1.54) is 12.1 Å². The minimum absolute atomic E-state index is 0.0811. The minimum Gasteiger partial charge on any atom is -0.368 e. The second-order valence-corrected chi connectivity index (χ2v) is 10.9. The van der Waals surface area contributed by atoms with E-state index in [0.29, 0.717) is 17.6 Å². The third-order valence-corrected chi connectivity index (χ3v) is 7.97. The largest absolute Gasteiger partial charge is 0.368 e. The van der Waals surface area contributed by atoms with E-state index in [-0.39, 0.29) is 11.8 Å². The van der Waals surface area contributed by atoms with Crippen molar-refractivity contribution in [3.05, 3.63) is 90.5 Å². The van der Waals surface area contributed by atoms with Gasteiger partial charge in [0.15, 0.2) is 0 Å². The molecule has 0 amide bonds. The van der Waals surface area contributed by atoms with E-state index < -0.39 is 15.3 Å². The number of nitrogen functional groups attached to an aromatic ring is 1. The maximum absolute atomic E-state index is 13.9. The minimum atomic E-state index is -3.74.